The van der Waals surface area contributed by atoms with Gasteiger partial charge in [0.2, 0.25) is 5.88 Å². The van der Waals surface area contributed by atoms with Gasteiger partial charge in [-0.15, -0.1) is 11.3 Å². The van der Waals surface area contributed by atoms with Crippen LogP contribution in [0.5, 0.6) is 23.1 Å². The average Bonchev–Trinajstić information content (AvgIpc) is 3.28. The lowest BCUT2D eigenvalue weighted by Gasteiger charge is -2.23. The number of rotatable bonds is 7. The lowest BCUT2D eigenvalue weighted by atomic mass is 10.0. The molecular weight excluding hydrogens is 444 g/mol. The molecule has 0 fully saturated rings. The second-order valence-corrected chi connectivity index (χ2v) is 8.10. The summed E-state index contributed by atoms with van der Waals surface area (Å²) in [6.45, 7) is 2.89. The summed E-state index contributed by atoms with van der Waals surface area (Å²) in [7, 11) is 3.04. The summed E-state index contributed by atoms with van der Waals surface area (Å²) in [4.78, 5) is 22.2. The van der Waals surface area contributed by atoms with Crippen molar-refractivity contribution in [2.24, 2.45) is 5.10 Å². The highest BCUT2D eigenvalue weighted by Crippen LogP contribution is 2.36. The van der Waals surface area contributed by atoms with E-state index in [2.05, 4.69) is 15.1 Å². The highest BCUT2D eigenvalue weighted by atomic mass is 32.1. The Kier molecular flexibility index (Phi) is 6.74. The van der Waals surface area contributed by atoms with E-state index in [0.717, 1.165) is 35.5 Å². The average molecular weight is 469 g/mol. The Labute approximate surface area is 195 Å². The van der Waals surface area contributed by atoms with Crippen LogP contribution in [0.1, 0.15) is 35.0 Å². The zero-order chi connectivity index (χ0) is 23.4. The number of hydrazone groups is 1. The van der Waals surface area contributed by atoms with Crippen LogP contribution < -0.4 is 14.2 Å². The molecule has 0 spiro atoms. The Morgan fingerprint density at radius 2 is 2.06 bits per heavy atom. The number of aromatic nitrogens is 2. The standard InChI is InChI=1S/C23H24N4O5S/c1-4-32-18-13-14(9-10-17(18)30-2)15-7-6-12-27(26-15)23(29)20-21(31-3)25-22(33-20)19-16(28)8-5-11-24-19/h5,8-11,13,28H,4,6-7,12H2,1-3H3. The fourth-order valence-electron chi connectivity index (χ4n) is 3.48. The molecule has 2 aromatic heterocycles. The van der Waals surface area contributed by atoms with E-state index in [1.54, 1.807) is 19.4 Å². The second kappa shape index (κ2) is 9.86. The first-order valence-electron chi connectivity index (χ1n) is 10.5. The normalized spacial score (nSPS) is 13.4. The quantitative estimate of drug-likeness (QED) is 0.559. The van der Waals surface area contributed by atoms with Crippen molar-refractivity contribution in [3.8, 4) is 33.8 Å². The summed E-state index contributed by atoms with van der Waals surface area (Å²) in [5.41, 5.74) is 1.95. The minimum atomic E-state index is -0.318. The number of thiazole rings is 1. The third-order valence-electron chi connectivity index (χ3n) is 5.03. The lowest BCUT2D eigenvalue weighted by molar-refractivity contribution is 0.0753. The van der Waals surface area contributed by atoms with Gasteiger partial charge in [0.1, 0.15) is 11.4 Å². The summed E-state index contributed by atoms with van der Waals surface area (Å²) < 4.78 is 16.4. The first kappa shape index (κ1) is 22.5. The van der Waals surface area contributed by atoms with E-state index >= 15 is 0 Å². The van der Waals surface area contributed by atoms with E-state index in [9.17, 15) is 9.90 Å². The van der Waals surface area contributed by atoms with Crippen molar-refractivity contribution in [2.45, 2.75) is 19.8 Å². The number of methoxy groups -OCH3 is 2. The molecule has 4 rings (SSSR count). The molecule has 3 aromatic rings. The molecule has 0 radical (unpaired) electrons. The fraction of sp³-hybridized carbons (Fsp3) is 0.304. The maximum atomic E-state index is 13.3. The number of carbonyl (C=O) groups is 1. The monoisotopic (exact) mass is 468 g/mol. The number of ether oxygens (including phenoxy) is 3. The molecule has 1 amide bonds. The number of carbonyl (C=O) groups excluding carboxylic acids is 1. The van der Waals surface area contributed by atoms with Crippen molar-refractivity contribution in [3.05, 3.63) is 47.0 Å². The lowest BCUT2D eigenvalue weighted by Crippen LogP contribution is -2.32. The number of hydrogen-bond acceptors (Lipinski definition) is 9. The number of benzene rings is 1. The Hall–Kier alpha value is -3.66. The van der Waals surface area contributed by atoms with E-state index in [1.807, 2.05) is 25.1 Å². The van der Waals surface area contributed by atoms with Gasteiger partial charge in [-0.25, -0.2) is 9.99 Å². The van der Waals surface area contributed by atoms with Gasteiger partial charge >= 0.3 is 0 Å². The Morgan fingerprint density at radius 3 is 2.79 bits per heavy atom. The maximum absolute atomic E-state index is 13.3. The maximum Gasteiger partial charge on any atom is 0.289 e. The molecule has 172 valence electrons. The van der Waals surface area contributed by atoms with Crippen LogP contribution in [0.15, 0.2) is 41.6 Å². The molecule has 0 aliphatic carbocycles. The number of aromatic hydroxyl groups is 1. The fourth-order valence-corrected chi connectivity index (χ4v) is 4.46. The van der Waals surface area contributed by atoms with Gasteiger partial charge < -0.3 is 19.3 Å². The third kappa shape index (κ3) is 4.61. The highest BCUT2D eigenvalue weighted by Gasteiger charge is 2.28. The molecule has 1 N–H and O–H groups in total. The molecule has 1 aliphatic rings. The van der Waals surface area contributed by atoms with Crippen molar-refractivity contribution in [1.29, 1.82) is 0 Å². The first-order valence-corrected chi connectivity index (χ1v) is 11.3. The van der Waals surface area contributed by atoms with Crippen molar-refractivity contribution in [2.75, 3.05) is 27.4 Å². The Morgan fingerprint density at radius 1 is 1.21 bits per heavy atom. The van der Waals surface area contributed by atoms with Gasteiger partial charge in [0, 0.05) is 18.3 Å². The van der Waals surface area contributed by atoms with E-state index in [-0.39, 0.29) is 17.5 Å². The van der Waals surface area contributed by atoms with Gasteiger partial charge in [0.25, 0.3) is 5.91 Å². The van der Waals surface area contributed by atoms with Gasteiger partial charge in [-0.05, 0) is 50.1 Å². The van der Waals surface area contributed by atoms with Crippen molar-refractivity contribution in [1.82, 2.24) is 15.0 Å². The predicted molar refractivity (Wildman–Crippen MR) is 125 cm³/mol. The molecule has 0 atom stereocenters. The summed E-state index contributed by atoms with van der Waals surface area (Å²) in [5.74, 6) is 1.12. The molecule has 3 heterocycles. The van der Waals surface area contributed by atoms with Crippen LogP contribution in [-0.4, -0.2) is 59.1 Å². The van der Waals surface area contributed by atoms with Crippen LogP contribution in [0, 0.1) is 0 Å². The molecule has 10 heteroatoms. The van der Waals surface area contributed by atoms with Crippen LogP contribution in [0.2, 0.25) is 0 Å². The summed E-state index contributed by atoms with van der Waals surface area (Å²) >= 11 is 1.11. The Balaban J connectivity index is 1.65. The van der Waals surface area contributed by atoms with Gasteiger partial charge in [-0.3, -0.25) is 4.79 Å². The van der Waals surface area contributed by atoms with Crippen LogP contribution in [0.4, 0.5) is 0 Å². The molecule has 0 bridgehead atoms. The molecule has 0 saturated heterocycles. The minimum Gasteiger partial charge on any atom is -0.506 e. The molecule has 1 aliphatic heterocycles. The SMILES string of the molecule is CCOc1cc(C2=NN(C(=O)c3sc(-c4ncccc4O)nc3OC)CCC2)ccc1OC. The van der Waals surface area contributed by atoms with Crippen molar-refractivity contribution >= 4 is 23.0 Å². The number of hydrogen-bond donors (Lipinski definition) is 1. The molecule has 1 aromatic carbocycles. The summed E-state index contributed by atoms with van der Waals surface area (Å²) in [5, 5.41) is 16.6. The molecule has 33 heavy (non-hydrogen) atoms. The smallest absolute Gasteiger partial charge is 0.289 e. The summed E-state index contributed by atoms with van der Waals surface area (Å²) in [6, 6.07) is 8.76. The molecule has 0 saturated carbocycles. The van der Waals surface area contributed by atoms with Gasteiger partial charge in [-0.1, -0.05) is 0 Å². The minimum absolute atomic E-state index is 0.0178. The van der Waals surface area contributed by atoms with Gasteiger partial charge in [0.05, 0.1) is 26.5 Å². The number of pyridine rings is 1. The van der Waals surface area contributed by atoms with Gasteiger partial charge in [0.15, 0.2) is 21.4 Å². The van der Waals surface area contributed by atoms with E-state index in [0.29, 0.717) is 40.2 Å². The van der Waals surface area contributed by atoms with Crippen molar-refractivity contribution < 1.29 is 24.1 Å². The van der Waals surface area contributed by atoms with Crippen LogP contribution in [-0.2, 0) is 0 Å². The predicted octanol–water partition coefficient (Wildman–Crippen LogP) is 3.97. The zero-order valence-electron chi connectivity index (χ0n) is 18.6. The third-order valence-corrected chi connectivity index (χ3v) is 6.06. The summed E-state index contributed by atoms with van der Waals surface area (Å²) in [6.07, 6.45) is 3.04. The molecule has 0 unspecified atom stereocenters. The van der Waals surface area contributed by atoms with E-state index in [1.165, 1.54) is 18.2 Å². The Bertz CT molecular complexity index is 1190. The second-order valence-electron chi connectivity index (χ2n) is 7.11. The zero-order valence-corrected chi connectivity index (χ0v) is 19.4. The topological polar surface area (TPSA) is 106 Å². The van der Waals surface area contributed by atoms with E-state index < -0.39 is 0 Å². The van der Waals surface area contributed by atoms with Crippen LogP contribution in [0.25, 0.3) is 10.7 Å². The number of amides is 1. The largest absolute Gasteiger partial charge is 0.506 e. The molecular formula is C23H24N4O5S. The van der Waals surface area contributed by atoms with E-state index in [4.69, 9.17) is 14.2 Å². The van der Waals surface area contributed by atoms with Crippen LogP contribution >= 0.6 is 11.3 Å². The molecule has 9 nitrogen and oxygen atoms in total. The first-order chi connectivity index (χ1) is 16.0. The number of nitrogens with zero attached hydrogens (tertiary/aromatic N) is 4. The van der Waals surface area contributed by atoms with Gasteiger partial charge in [-0.2, -0.15) is 10.1 Å². The highest BCUT2D eigenvalue weighted by molar-refractivity contribution is 7.17. The van der Waals surface area contributed by atoms with Crippen LogP contribution in [0.3, 0.4) is 0 Å². The van der Waals surface area contributed by atoms with Crippen molar-refractivity contribution in [3.63, 3.8) is 0 Å².